The van der Waals surface area contributed by atoms with Gasteiger partial charge in [-0.1, -0.05) is 60.7 Å². The van der Waals surface area contributed by atoms with Crippen molar-refractivity contribution >= 4 is 23.4 Å². The van der Waals surface area contributed by atoms with Crippen LogP contribution in [0, 0.1) is 13.8 Å². The molecule has 0 aliphatic carbocycles. The number of nitrogens with one attached hydrogen (secondary N) is 2. The van der Waals surface area contributed by atoms with Crippen LogP contribution in [-0.4, -0.2) is 36.2 Å². The van der Waals surface area contributed by atoms with E-state index in [1.165, 1.54) is 4.90 Å². The maximum atomic E-state index is 12.9. The fourth-order valence-electron chi connectivity index (χ4n) is 3.48. The SMILES string of the molecule is Cc1cccc(NC(=O)CN(C)C(=O)CC(NC(=O)c2ccccc2)c2ccccc2)c1C. The molecule has 0 bridgehead atoms. The van der Waals surface area contributed by atoms with Gasteiger partial charge in [-0.25, -0.2) is 0 Å². The van der Waals surface area contributed by atoms with E-state index in [2.05, 4.69) is 10.6 Å². The number of rotatable bonds is 8. The molecule has 6 nitrogen and oxygen atoms in total. The fourth-order valence-corrected chi connectivity index (χ4v) is 3.48. The van der Waals surface area contributed by atoms with Crippen molar-refractivity contribution in [3.8, 4) is 0 Å². The lowest BCUT2D eigenvalue weighted by Crippen LogP contribution is -2.38. The van der Waals surface area contributed by atoms with Crippen molar-refractivity contribution in [2.45, 2.75) is 26.3 Å². The first kappa shape index (κ1) is 23.7. The molecule has 0 saturated carbocycles. The minimum Gasteiger partial charge on any atom is -0.345 e. The molecule has 33 heavy (non-hydrogen) atoms. The van der Waals surface area contributed by atoms with Crippen LogP contribution in [0.25, 0.3) is 0 Å². The van der Waals surface area contributed by atoms with E-state index < -0.39 is 6.04 Å². The highest BCUT2D eigenvalue weighted by atomic mass is 16.2. The average molecular weight is 444 g/mol. The standard InChI is InChI=1S/C27H29N3O3/c1-19-11-10-16-23(20(19)2)28-25(31)18-30(3)26(32)17-24(21-12-6-4-7-13-21)29-27(33)22-14-8-5-9-15-22/h4-16,24H,17-18H2,1-3H3,(H,28,31)(H,29,33). The van der Waals surface area contributed by atoms with Crippen LogP contribution in [0.2, 0.25) is 0 Å². The lowest BCUT2D eigenvalue weighted by Gasteiger charge is -2.23. The molecule has 6 heteroatoms. The number of benzene rings is 3. The second-order valence-electron chi connectivity index (χ2n) is 8.05. The van der Waals surface area contributed by atoms with Gasteiger partial charge in [0.25, 0.3) is 5.91 Å². The van der Waals surface area contributed by atoms with Crippen molar-refractivity contribution in [2.24, 2.45) is 0 Å². The van der Waals surface area contributed by atoms with E-state index in [1.807, 2.05) is 68.4 Å². The van der Waals surface area contributed by atoms with Gasteiger partial charge in [0.1, 0.15) is 0 Å². The van der Waals surface area contributed by atoms with Crippen LogP contribution in [0.5, 0.6) is 0 Å². The summed E-state index contributed by atoms with van der Waals surface area (Å²) in [5, 5.41) is 5.83. The van der Waals surface area contributed by atoms with E-state index in [9.17, 15) is 14.4 Å². The van der Waals surface area contributed by atoms with Crippen LogP contribution in [-0.2, 0) is 9.59 Å². The van der Waals surface area contributed by atoms with Crippen molar-refractivity contribution in [3.05, 3.63) is 101 Å². The predicted molar refractivity (Wildman–Crippen MR) is 130 cm³/mol. The van der Waals surface area contributed by atoms with Crippen molar-refractivity contribution in [2.75, 3.05) is 18.9 Å². The van der Waals surface area contributed by atoms with Crippen molar-refractivity contribution in [1.82, 2.24) is 10.2 Å². The summed E-state index contributed by atoms with van der Waals surface area (Å²) in [5.74, 6) is -0.773. The van der Waals surface area contributed by atoms with E-state index in [1.54, 1.807) is 31.3 Å². The zero-order chi connectivity index (χ0) is 23.8. The van der Waals surface area contributed by atoms with E-state index >= 15 is 0 Å². The third kappa shape index (κ3) is 6.53. The Labute approximate surface area is 194 Å². The Morgan fingerprint density at radius 3 is 2.15 bits per heavy atom. The molecule has 1 atom stereocenters. The number of likely N-dealkylation sites (N-methyl/N-ethyl adjacent to an activating group) is 1. The molecule has 3 rings (SSSR count). The number of carbonyl (C=O) groups excluding carboxylic acids is 3. The minimum absolute atomic E-state index is 0.0375. The smallest absolute Gasteiger partial charge is 0.251 e. The molecular weight excluding hydrogens is 414 g/mol. The van der Waals surface area contributed by atoms with Crippen LogP contribution in [0.4, 0.5) is 5.69 Å². The Hall–Kier alpha value is -3.93. The van der Waals surface area contributed by atoms with Crippen LogP contribution in [0.1, 0.15) is 39.5 Å². The van der Waals surface area contributed by atoms with E-state index in [0.717, 1.165) is 22.4 Å². The van der Waals surface area contributed by atoms with Gasteiger partial charge >= 0.3 is 0 Å². The average Bonchev–Trinajstić information content (AvgIpc) is 2.82. The molecular formula is C27H29N3O3. The van der Waals surface area contributed by atoms with Gasteiger partial charge in [-0.05, 0) is 48.7 Å². The molecule has 0 aliphatic rings. The molecule has 0 heterocycles. The van der Waals surface area contributed by atoms with E-state index in [4.69, 9.17) is 0 Å². The van der Waals surface area contributed by atoms with Gasteiger partial charge in [-0.15, -0.1) is 0 Å². The van der Waals surface area contributed by atoms with Gasteiger partial charge in [-0.2, -0.15) is 0 Å². The topological polar surface area (TPSA) is 78.5 Å². The van der Waals surface area contributed by atoms with Gasteiger partial charge in [0.15, 0.2) is 0 Å². The Bertz CT molecular complexity index is 1110. The molecule has 3 amide bonds. The summed E-state index contributed by atoms with van der Waals surface area (Å²) in [5.41, 5.74) is 4.15. The third-order valence-corrected chi connectivity index (χ3v) is 5.61. The number of aryl methyl sites for hydroxylation is 1. The summed E-state index contributed by atoms with van der Waals surface area (Å²) >= 11 is 0. The molecule has 0 aromatic heterocycles. The van der Waals surface area contributed by atoms with Crippen molar-refractivity contribution in [3.63, 3.8) is 0 Å². The number of hydrogen-bond acceptors (Lipinski definition) is 3. The van der Waals surface area contributed by atoms with Crippen LogP contribution < -0.4 is 10.6 Å². The zero-order valence-corrected chi connectivity index (χ0v) is 19.2. The van der Waals surface area contributed by atoms with Gasteiger partial charge in [0, 0.05) is 18.3 Å². The van der Waals surface area contributed by atoms with Gasteiger partial charge in [-0.3, -0.25) is 14.4 Å². The monoisotopic (exact) mass is 443 g/mol. The highest BCUT2D eigenvalue weighted by molar-refractivity contribution is 5.96. The van der Waals surface area contributed by atoms with Crippen LogP contribution >= 0.6 is 0 Å². The summed E-state index contributed by atoms with van der Waals surface area (Å²) < 4.78 is 0. The third-order valence-electron chi connectivity index (χ3n) is 5.61. The van der Waals surface area contributed by atoms with Crippen molar-refractivity contribution in [1.29, 1.82) is 0 Å². The van der Waals surface area contributed by atoms with Crippen LogP contribution in [0.3, 0.4) is 0 Å². The molecule has 0 spiro atoms. The number of nitrogens with zero attached hydrogens (tertiary/aromatic N) is 1. The normalized spacial score (nSPS) is 11.4. The highest BCUT2D eigenvalue weighted by Gasteiger charge is 2.22. The molecule has 3 aromatic carbocycles. The summed E-state index contributed by atoms with van der Waals surface area (Å²) in [6.07, 6.45) is 0.0375. The summed E-state index contributed by atoms with van der Waals surface area (Å²) in [7, 11) is 1.59. The Morgan fingerprint density at radius 2 is 1.48 bits per heavy atom. The van der Waals surface area contributed by atoms with E-state index in [0.29, 0.717) is 5.56 Å². The number of amides is 3. The quantitative estimate of drug-likeness (QED) is 0.546. The minimum atomic E-state index is -0.518. The maximum absolute atomic E-state index is 12.9. The van der Waals surface area contributed by atoms with E-state index in [-0.39, 0.29) is 30.7 Å². The highest BCUT2D eigenvalue weighted by Crippen LogP contribution is 2.20. The number of hydrogen-bond donors (Lipinski definition) is 2. The Kier molecular flexibility index (Phi) is 7.97. The maximum Gasteiger partial charge on any atom is 0.251 e. The van der Waals surface area contributed by atoms with Crippen molar-refractivity contribution < 1.29 is 14.4 Å². The largest absolute Gasteiger partial charge is 0.345 e. The predicted octanol–water partition coefficient (Wildman–Crippen LogP) is 4.26. The molecule has 2 N–H and O–H groups in total. The Balaban J connectivity index is 1.66. The van der Waals surface area contributed by atoms with Gasteiger partial charge < -0.3 is 15.5 Å². The fraction of sp³-hybridized carbons (Fsp3) is 0.222. The number of anilines is 1. The Morgan fingerprint density at radius 1 is 0.848 bits per heavy atom. The summed E-state index contributed by atoms with van der Waals surface area (Å²) in [4.78, 5) is 39.6. The first-order valence-electron chi connectivity index (χ1n) is 10.9. The second-order valence-corrected chi connectivity index (χ2v) is 8.05. The van der Waals surface area contributed by atoms with Gasteiger partial charge in [0.05, 0.1) is 19.0 Å². The van der Waals surface area contributed by atoms with Crippen LogP contribution in [0.15, 0.2) is 78.9 Å². The molecule has 0 aliphatic heterocycles. The molecule has 0 fully saturated rings. The first-order valence-corrected chi connectivity index (χ1v) is 10.9. The summed E-state index contributed by atoms with van der Waals surface area (Å²) in [6.45, 7) is 3.84. The molecule has 0 saturated heterocycles. The van der Waals surface area contributed by atoms with Gasteiger partial charge in [0.2, 0.25) is 11.8 Å². The molecule has 3 aromatic rings. The number of carbonyl (C=O) groups is 3. The first-order chi connectivity index (χ1) is 15.8. The lowest BCUT2D eigenvalue weighted by molar-refractivity contribution is -0.133. The summed E-state index contributed by atoms with van der Waals surface area (Å²) in [6, 6.07) is 23.4. The molecule has 1 unspecified atom stereocenters. The lowest BCUT2D eigenvalue weighted by atomic mass is 10.0. The zero-order valence-electron chi connectivity index (χ0n) is 19.2. The second kappa shape index (κ2) is 11.1. The molecule has 170 valence electrons. The molecule has 0 radical (unpaired) electrons.